The van der Waals surface area contributed by atoms with Gasteiger partial charge in [-0.15, -0.1) is 24.8 Å². The molecule has 4 heterocycles. The molecule has 0 spiro atoms. The lowest BCUT2D eigenvalue weighted by atomic mass is 9.89. The fourth-order valence-corrected chi connectivity index (χ4v) is 5.32. The van der Waals surface area contributed by atoms with Crippen LogP contribution in [0.3, 0.4) is 0 Å². The Labute approximate surface area is 187 Å². The molecule has 2 unspecified atom stereocenters. The van der Waals surface area contributed by atoms with Crippen LogP contribution in [0.15, 0.2) is 24.4 Å². The van der Waals surface area contributed by atoms with Gasteiger partial charge >= 0.3 is 0 Å². The lowest BCUT2D eigenvalue weighted by Gasteiger charge is -2.36. The van der Waals surface area contributed by atoms with E-state index in [9.17, 15) is 4.79 Å². The minimum absolute atomic E-state index is 0. The van der Waals surface area contributed by atoms with Gasteiger partial charge < -0.3 is 15.1 Å². The van der Waals surface area contributed by atoms with Crippen LogP contribution in [-0.2, 0) is 4.79 Å². The van der Waals surface area contributed by atoms with Crippen molar-refractivity contribution >= 4 is 36.5 Å². The van der Waals surface area contributed by atoms with Crippen molar-refractivity contribution in [2.45, 2.75) is 64.0 Å². The number of anilines is 1. The third kappa shape index (κ3) is 6.22. The van der Waals surface area contributed by atoms with E-state index in [0.717, 1.165) is 51.3 Å². The number of amides is 1. The Balaban J connectivity index is 0.00000150. The molecule has 0 aromatic carbocycles. The van der Waals surface area contributed by atoms with Crippen LogP contribution in [0, 0.1) is 11.8 Å². The number of hydrogen-bond donors (Lipinski definition) is 1. The zero-order valence-electron chi connectivity index (χ0n) is 17.5. The van der Waals surface area contributed by atoms with Crippen LogP contribution >= 0.6 is 24.8 Å². The first kappa shape index (κ1) is 24.2. The molecule has 3 fully saturated rings. The zero-order chi connectivity index (χ0) is 18.6. The van der Waals surface area contributed by atoms with Crippen LogP contribution in [0.4, 0.5) is 5.82 Å². The van der Waals surface area contributed by atoms with Crippen LogP contribution in [0.25, 0.3) is 0 Å². The number of halogens is 2. The van der Waals surface area contributed by atoms with Crippen molar-refractivity contribution < 1.29 is 4.79 Å². The van der Waals surface area contributed by atoms with Gasteiger partial charge in [-0.25, -0.2) is 4.98 Å². The molecule has 7 heteroatoms. The number of hydrogen-bond acceptors (Lipinski definition) is 4. The number of rotatable bonds is 6. The molecule has 3 aliphatic rings. The summed E-state index contributed by atoms with van der Waals surface area (Å²) in [7, 11) is 0. The summed E-state index contributed by atoms with van der Waals surface area (Å²) in [5.41, 5.74) is 0. The van der Waals surface area contributed by atoms with E-state index < -0.39 is 0 Å². The molecular formula is C22H36Cl2N4O. The molecule has 1 amide bonds. The Kier molecular flexibility index (Phi) is 9.51. The average Bonchev–Trinajstić information content (AvgIpc) is 3.05. The normalized spacial score (nSPS) is 26.4. The molecular weight excluding hydrogens is 407 g/mol. The lowest BCUT2D eigenvalue weighted by Crippen LogP contribution is -2.43. The number of carbonyl (C=O) groups is 1. The van der Waals surface area contributed by atoms with E-state index in [1.165, 1.54) is 25.7 Å². The average molecular weight is 443 g/mol. The molecule has 0 saturated carbocycles. The Hall–Kier alpha value is -1.04. The van der Waals surface area contributed by atoms with Crippen molar-refractivity contribution in [3.8, 4) is 0 Å². The predicted octanol–water partition coefficient (Wildman–Crippen LogP) is 3.91. The summed E-state index contributed by atoms with van der Waals surface area (Å²) in [6, 6.07) is 7.46. The summed E-state index contributed by atoms with van der Waals surface area (Å²) in [6.07, 6.45) is 9.94. The molecule has 5 nitrogen and oxygen atoms in total. The Morgan fingerprint density at radius 3 is 2.38 bits per heavy atom. The van der Waals surface area contributed by atoms with Gasteiger partial charge in [-0.1, -0.05) is 6.07 Å². The summed E-state index contributed by atoms with van der Waals surface area (Å²) in [5.74, 6) is 2.69. The van der Waals surface area contributed by atoms with Gasteiger partial charge in [-0.2, -0.15) is 0 Å². The third-order valence-corrected chi connectivity index (χ3v) is 6.83. The Morgan fingerprint density at radius 2 is 1.79 bits per heavy atom. The first-order valence-corrected chi connectivity index (χ1v) is 10.9. The number of nitrogens with zero attached hydrogens (tertiary/aromatic N) is 3. The van der Waals surface area contributed by atoms with Crippen molar-refractivity contribution in [2.75, 3.05) is 31.1 Å². The second-order valence-corrected chi connectivity index (χ2v) is 8.73. The Morgan fingerprint density at radius 1 is 1.10 bits per heavy atom. The number of nitrogens with one attached hydrogen (secondary N) is 1. The van der Waals surface area contributed by atoms with Gasteiger partial charge in [0.15, 0.2) is 0 Å². The minimum Gasteiger partial charge on any atom is -0.357 e. The molecule has 164 valence electrons. The van der Waals surface area contributed by atoms with Gasteiger partial charge in [-0.05, 0) is 69.4 Å². The molecule has 2 bridgehead atoms. The van der Waals surface area contributed by atoms with Crippen molar-refractivity contribution in [2.24, 2.45) is 11.8 Å². The highest BCUT2D eigenvalue weighted by atomic mass is 35.5. The van der Waals surface area contributed by atoms with Gasteiger partial charge in [0.1, 0.15) is 5.82 Å². The fourth-order valence-electron chi connectivity index (χ4n) is 5.32. The lowest BCUT2D eigenvalue weighted by molar-refractivity contribution is -0.133. The van der Waals surface area contributed by atoms with E-state index in [2.05, 4.69) is 39.2 Å². The van der Waals surface area contributed by atoms with Gasteiger partial charge in [0.2, 0.25) is 5.91 Å². The zero-order valence-corrected chi connectivity index (χ0v) is 19.1. The minimum atomic E-state index is 0. The first-order chi connectivity index (χ1) is 13.2. The largest absolute Gasteiger partial charge is 0.357 e. The number of pyridine rings is 1. The molecule has 3 aliphatic heterocycles. The van der Waals surface area contributed by atoms with Gasteiger partial charge in [0.25, 0.3) is 0 Å². The number of fused-ring (bicyclic) bond motifs is 2. The summed E-state index contributed by atoms with van der Waals surface area (Å²) >= 11 is 0. The summed E-state index contributed by atoms with van der Waals surface area (Å²) in [5, 5.41) is 3.69. The number of piperidine rings is 2. The molecule has 0 radical (unpaired) electrons. The molecule has 1 aromatic heterocycles. The number of carbonyl (C=O) groups excluding carboxylic acids is 1. The van der Waals surface area contributed by atoms with Crippen LogP contribution in [0.5, 0.6) is 0 Å². The topological polar surface area (TPSA) is 48.5 Å². The summed E-state index contributed by atoms with van der Waals surface area (Å²) in [4.78, 5) is 21.9. The monoisotopic (exact) mass is 442 g/mol. The third-order valence-electron chi connectivity index (χ3n) is 6.83. The summed E-state index contributed by atoms with van der Waals surface area (Å²) < 4.78 is 0. The van der Waals surface area contributed by atoms with E-state index in [1.54, 1.807) is 0 Å². The van der Waals surface area contributed by atoms with Crippen LogP contribution < -0.4 is 10.2 Å². The van der Waals surface area contributed by atoms with Crippen molar-refractivity contribution in [1.82, 2.24) is 15.2 Å². The Bertz CT molecular complexity index is 612. The predicted molar refractivity (Wildman–Crippen MR) is 123 cm³/mol. The second kappa shape index (κ2) is 11.4. The number of aromatic nitrogens is 1. The van der Waals surface area contributed by atoms with E-state index in [4.69, 9.17) is 0 Å². The molecule has 2 atom stereocenters. The maximum atomic E-state index is 12.9. The molecule has 0 aliphatic carbocycles. The van der Waals surface area contributed by atoms with Gasteiger partial charge in [-0.3, -0.25) is 4.79 Å². The van der Waals surface area contributed by atoms with E-state index in [-0.39, 0.29) is 24.8 Å². The van der Waals surface area contributed by atoms with E-state index >= 15 is 0 Å². The molecule has 4 rings (SSSR count). The SMILES string of the molecule is CCN(CC1CCN(c2ccccn2)CC1)C(=O)CC1CC2CCC(C1)N2.Cl.Cl. The molecule has 3 saturated heterocycles. The van der Waals surface area contributed by atoms with Gasteiger partial charge in [0.05, 0.1) is 0 Å². The maximum Gasteiger partial charge on any atom is 0.222 e. The van der Waals surface area contributed by atoms with Crippen LogP contribution in [0.1, 0.15) is 51.9 Å². The second-order valence-electron chi connectivity index (χ2n) is 8.73. The van der Waals surface area contributed by atoms with Crippen LogP contribution in [-0.4, -0.2) is 54.1 Å². The van der Waals surface area contributed by atoms with Crippen molar-refractivity contribution in [1.29, 1.82) is 0 Å². The highest BCUT2D eigenvalue weighted by Gasteiger charge is 2.35. The highest BCUT2D eigenvalue weighted by Crippen LogP contribution is 2.33. The molecule has 1 aromatic rings. The molecule has 29 heavy (non-hydrogen) atoms. The van der Waals surface area contributed by atoms with Crippen LogP contribution in [0.2, 0.25) is 0 Å². The van der Waals surface area contributed by atoms with E-state index in [1.807, 2.05) is 12.3 Å². The first-order valence-electron chi connectivity index (χ1n) is 10.9. The van der Waals surface area contributed by atoms with Crippen molar-refractivity contribution in [3.05, 3.63) is 24.4 Å². The standard InChI is InChI=1S/C22H34N4O.2ClH/c1-2-25(22(27)15-18-13-19-6-7-20(14-18)24-19)16-17-8-11-26(12-9-17)21-5-3-4-10-23-21;;/h3-5,10,17-20,24H,2,6-9,11-16H2,1H3;2*1H. The summed E-state index contributed by atoms with van der Waals surface area (Å²) in [6.45, 7) is 6.00. The quantitative estimate of drug-likeness (QED) is 0.725. The van der Waals surface area contributed by atoms with Gasteiger partial charge in [0, 0.05) is 50.9 Å². The molecule has 1 N–H and O–H groups in total. The highest BCUT2D eigenvalue weighted by molar-refractivity contribution is 5.85. The maximum absolute atomic E-state index is 12.9. The van der Waals surface area contributed by atoms with E-state index in [0.29, 0.717) is 29.8 Å². The fraction of sp³-hybridized carbons (Fsp3) is 0.727. The van der Waals surface area contributed by atoms with Crippen molar-refractivity contribution in [3.63, 3.8) is 0 Å². The smallest absolute Gasteiger partial charge is 0.222 e.